The summed E-state index contributed by atoms with van der Waals surface area (Å²) in [6.07, 6.45) is 6.58. The highest BCUT2D eigenvalue weighted by molar-refractivity contribution is 5.11. The molecule has 2 rings (SSSR count). The molecule has 1 aromatic rings. The van der Waals surface area contributed by atoms with E-state index in [1.54, 1.807) is 0 Å². The minimum absolute atomic E-state index is 0.417. The fraction of sp³-hybridized carbons (Fsp3) is 0.625. The van der Waals surface area contributed by atoms with Crippen molar-refractivity contribution in [1.82, 2.24) is 0 Å². The third-order valence-electron chi connectivity index (χ3n) is 2.92. The minimum Gasteiger partial charge on any atom is -0.396 e. The van der Waals surface area contributed by atoms with Crippen LogP contribution < -0.4 is 0 Å². The fourth-order valence-corrected chi connectivity index (χ4v) is 1.90. The molecule has 1 heteroatoms. The van der Waals surface area contributed by atoms with E-state index in [0.29, 0.717) is 12.5 Å². The van der Waals surface area contributed by atoms with Gasteiger partial charge in [0.1, 0.15) is 0 Å². The topological polar surface area (TPSA) is 20.2 Å². The van der Waals surface area contributed by atoms with Gasteiger partial charge in [-0.15, -0.1) is 0 Å². The van der Waals surface area contributed by atoms with Gasteiger partial charge in [-0.2, -0.15) is 0 Å². The largest absolute Gasteiger partial charge is 0.396 e. The minimum atomic E-state index is 0.417. The van der Waals surface area contributed by atoms with Crippen LogP contribution in [0.15, 0.2) is 30.3 Å². The van der Waals surface area contributed by atoms with E-state index < -0.39 is 0 Å². The van der Waals surface area contributed by atoms with Crippen LogP contribution in [0.2, 0.25) is 0 Å². The average Bonchev–Trinajstić information content (AvgIpc) is 2.43. The first-order chi connectivity index (χ1) is 8.33. The summed E-state index contributed by atoms with van der Waals surface area (Å²) >= 11 is 0. The van der Waals surface area contributed by atoms with Crippen molar-refractivity contribution in [2.75, 3.05) is 6.61 Å². The Morgan fingerprint density at radius 3 is 1.82 bits per heavy atom. The molecule has 0 saturated heterocycles. The molecule has 1 fully saturated rings. The maximum Gasteiger partial charge on any atom is 0.0459 e. The molecule has 0 spiro atoms. The molecule has 98 valence electrons. The zero-order valence-corrected chi connectivity index (χ0v) is 11.7. The summed E-state index contributed by atoms with van der Waals surface area (Å²) in [5.74, 6) is 0.642. The molecule has 0 heterocycles. The number of hydrogen-bond acceptors (Lipinski definition) is 1. The summed E-state index contributed by atoms with van der Waals surface area (Å²) in [4.78, 5) is 0. The van der Waals surface area contributed by atoms with Crippen LogP contribution in [0.25, 0.3) is 0 Å². The maximum absolute atomic E-state index is 8.69. The van der Waals surface area contributed by atoms with Crippen molar-refractivity contribution in [3.05, 3.63) is 35.9 Å². The zero-order chi connectivity index (χ0) is 12.9. The van der Waals surface area contributed by atoms with E-state index in [1.165, 1.54) is 37.7 Å². The lowest BCUT2D eigenvalue weighted by molar-refractivity contribution is 0.190. The number of rotatable bonds is 1. The summed E-state index contributed by atoms with van der Waals surface area (Å²) in [6.45, 7) is 6.50. The summed E-state index contributed by atoms with van der Waals surface area (Å²) in [5.41, 5.74) is 1.32. The van der Waals surface area contributed by atoms with Crippen molar-refractivity contribution >= 4 is 0 Å². The molecule has 1 aliphatic rings. The van der Waals surface area contributed by atoms with Gasteiger partial charge in [0.25, 0.3) is 0 Å². The van der Waals surface area contributed by atoms with Gasteiger partial charge >= 0.3 is 0 Å². The standard InChI is InChI=1S/C7H14O.C7H8.C2H6/c8-6-7-4-2-1-3-5-7;1-7-5-3-2-4-6-7;1-2/h7-8H,1-6H2;2-6H,1H3;1-2H3. The van der Waals surface area contributed by atoms with Crippen LogP contribution in [0, 0.1) is 12.8 Å². The van der Waals surface area contributed by atoms with E-state index in [1.807, 2.05) is 32.0 Å². The van der Waals surface area contributed by atoms with Gasteiger partial charge in [-0.25, -0.2) is 0 Å². The number of hydrogen-bond donors (Lipinski definition) is 1. The van der Waals surface area contributed by atoms with Crippen LogP contribution in [0.4, 0.5) is 0 Å². The van der Waals surface area contributed by atoms with Gasteiger partial charge in [0.15, 0.2) is 0 Å². The number of aliphatic hydroxyl groups is 1. The van der Waals surface area contributed by atoms with Gasteiger partial charge in [-0.3, -0.25) is 0 Å². The molecule has 17 heavy (non-hydrogen) atoms. The normalized spacial score (nSPS) is 15.1. The van der Waals surface area contributed by atoms with Crippen LogP contribution in [-0.4, -0.2) is 11.7 Å². The second-order valence-electron chi connectivity index (χ2n) is 4.34. The summed E-state index contributed by atoms with van der Waals surface area (Å²) in [5, 5.41) is 8.69. The molecule has 0 radical (unpaired) electrons. The van der Waals surface area contributed by atoms with E-state index in [0.717, 1.165) is 0 Å². The zero-order valence-electron chi connectivity index (χ0n) is 11.7. The lowest BCUT2D eigenvalue weighted by Crippen LogP contribution is -2.09. The van der Waals surface area contributed by atoms with Crippen LogP contribution in [-0.2, 0) is 0 Å². The second kappa shape index (κ2) is 11.7. The molecule has 0 aromatic heterocycles. The first kappa shape index (κ1) is 16.2. The van der Waals surface area contributed by atoms with Crippen LogP contribution >= 0.6 is 0 Å². The first-order valence-corrected chi connectivity index (χ1v) is 6.95. The quantitative estimate of drug-likeness (QED) is 0.756. The maximum atomic E-state index is 8.69. The van der Waals surface area contributed by atoms with E-state index in [-0.39, 0.29) is 0 Å². The molecular weight excluding hydrogens is 208 g/mol. The Morgan fingerprint density at radius 1 is 1.00 bits per heavy atom. The molecule has 0 bridgehead atoms. The van der Waals surface area contributed by atoms with E-state index in [9.17, 15) is 0 Å². The number of benzene rings is 1. The second-order valence-corrected chi connectivity index (χ2v) is 4.34. The van der Waals surface area contributed by atoms with E-state index in [4.69, 9.17) is 5.11 Å². The number of aliphatic hydroxyl groups excluding tert-OH is 1. The monoisotopic (exact) mass is 236 g/mol. The van der Waals surface area contributed by atoms with Gasteiger partial charge in [0.2, 0.25) is 0 Å². The molecule has 0 unspecified atom stereocenters. The Morgan fingerprint density at radius 2 is 1.53 bits per heavy atom. The van der Waals surface area contributed by atoms with Crippen LogP contribution in [0.5, 0.6) is 0 Å². The highest BCUT2D eigenvalue weighted by Crippen LogP contribution is 2.22. The third kappa shape index (κ3) is 8.93. The van der Waals surface area contributed by atoms with Gasteiger partial charge < -0.3 is 5.11 Å². The molecule has 1 nitrogen and oxygen atoms in total. The van der Waals surface area contributed by atoms with Crippen molar-refractivity contribution in [3.63, 3.8) is 0 Å². The first-order valence-electron chi connectivity index (χ1n) is 6.95. The van der Waals surface area contributed by atoms with Crippen molar-refractivity contribution in [2.45, 2.75) is 52.9 Å². The fourth-order valence-electron chi connectivity index (χ4n) is 1.90. The molecule has 1 saturated carbocycles. The summed E-state index contributed by atoms with van der Waals surface area (Å²) < 4.78 is 0. The summed E-state index contributed by atoms with van der Waals surface area (Å²) in [6, 6.07) is 10.3. The molecule has 0 atom stereocenters. The Balaban J connectivity index is 0.000000265. The molecule has 1 aliphatic carbocycles. The SMILES string of the molecule is CC.Cc1ccccc1.OCC1CCCCC1. The molecule has 1 aromatic carbocycles. The molecular formula is C16H28O. The Kier molecular flexibility index (Phi) is 11.1. The predicted octanol–water partition coefficient (Wildman–Crippen LogP) is 4.58. The predicted molar refractivity (Wildman–Crippen MR) is 76.2 cm³/mol. The van der Waals surface area contributed by atoms with E-state index >= 15 is 0 Å². The molecule has 0 aliphatic heterocycles. The lowest BCUT2D eigenvalue weighted by atomic mass is 9.90. The van der Waals surface area contributed by atoms with Crippen molar-refractivity contribution < 1.29 is 5.11 Å². The van der Waals surface area contributed by atoms with Crippen molar-refractivity contribution in [3.8, 4) is 0 Å². The highest BCUT2D eigenvalue weighted by atomic mass is 16.3. The Bertz CT molecular complexity index is 237. The molecule has 1 N–H and O–H groups in total. The van der Waals surface area contributed by atoms with Gasteiger partial charge in [-0.1, -0.05) is 69.0 Å². The Labute approximate surface area is 107 Å². The van der Waals surface area contributed by atoms with Crippen molar-refractivity contribution in [1.29, 1.82) is 0 Å². The Hall–Kier alpha value is -0.820. The number of aryl methyl sites for hydroxylation is 1. The van der Waals surface area contributed by atoms with Crippen molar-refractivity contribution in [2.24, 2.45) is 5.92 Å². The summed E-state index contributed by atoms with van der Waals surface area (Å²) in [7, 11) is 0. The third-order valence-corrected chi connectivity index (χ3v) is 2.92. The lowest BCUT2D eigenvalue weighted by Gasteiger charge is -2.18. The van der Waals surface area contributed by atoms with E-state index in [2.05, 4.69) is 19.1 Å². The average molecular weight is 236 g/mol. The van der Waals surface area contributed by atoms with Gasteiger partial charge in [-0.05, 0) is 25.7 Å². The van der Waals surface area contributed by atoms with Crippen LogP contribution in [0.1, 0.15) is 51.5 Å². The van der Waals surface area contributed by atoms with Gasteiger partial charge in [0.05, 0.1) is 0 Å². The molecule has 0 amide bonds. The van der Waals surface area contributed by atoms with Gasteiger partial charge in [0, 0.05) is 6.61 Å². The highest BCUT2D eigenvalue weighted by Gasteiger charge is 2.10. The van der Waals surface area contributed by atoms with Crippen LogP contribution in [0.3, 0.4) is 0 Å². The smallest absolute Gasteiger partial charge is 0.0459 e.